The maximum Gasteiger partial charge on any atom is 0.417 e. The maximum atomic E-state index is 11.4. The first-order chi connectivity index (χ1) is 9.03. The number of oxazole rings is 1. The topological polar surface area (TPSA) is 109 Å². The van der Waals surface area contributed by atoms with Crippen LogP contribution >= 0.6 is 0 Å². The summed E-state index contributed by atoms with van der Waals surface area (Å²) in [5.41, 5.74) is 6.94. The molecule has 0 saturated heterocycles. The fraction of sp³-hybridized carbons (Fsp3) is 0.385. The molecule has 1 heterocycles. The number of carboxylic acids is 1. The predicted molar refractivity (Wildman–Crippen MR) is 67.7 cm³/mol. The van der Waals surface area contributed by atoms with Crippen molar-refractivity contribution in [2.75, 3.05) is 0 Å². The number of carbonyl (C=O) groups is 1. The van der Waals surface area contributed by atoms with E-state index >= 15 is 0 Å². The van der Waals surface area contributed by atoms with Gasteiger partial charge in [0.2, 0.25) is 0 Å². The highest BCUT2D eigenvalue weighted by atomic mass is 16.4. The van der Waals surface area contributed by atoms with Crippen LogP contribution in [0.15, 0.2) is 27.4 Å². The number of hydrogen-bond acceptors (Lipinski definition) is 4. The molecule has 1 saturated carbocycles. The number of aliphatic carboxylic acids is 1. The summed E-state index contributed by atoms with van der Waals surface area (Å²) in [7, 11) is 0. The molecule has 3 rings (SSSR count). The van der Waals surface area contributed by atoms with E-state index in [2.05, 4.69) is 4.98 Å². The van der Waals surface area contributed by atoms with Crippen LogP contribution in [0.4, 0.5) is 0 Å². The first-order valence-corrected chi connectivity index (χ1v) is 6.15. The largest absolute Gasteiger partial charge is 0.481 e. The van der Waals surface area contributed by atoms with Gasteiger partial charge in [0.05, 0.1) is 10.9 Å². The second-order valence-corrected chi connectivity index (χ2v) is 5.06. The van der Waals surface area contributed by atoms with Gasteiger partial charge in [-0.3, -0.25) is 9.78 Å². The van der Waals surface area contributed by atoms with E-state index in [0.29, 0.717) is 29.5 Å². The van der Waals surface area contributed by atoms with E-state index in [1.807, 2.05) is 0 Å². The number of nitrogens with one attached hydrogen (secondary N) is 1. The molecule has 4 N–H and O–H groups in total. The number of carboxylic acid groups (broad SMARTS) is 1. The van der Waals surface area contributed by atoms with Crippen LogP contribution < -0.4 is 11.5 Å². The van der Waals surface area contributed by atoms with Gasteiger partial charge in [0, 0.05) is 6.04 Å². The van der Waals surface area contributed by atoms with Crippen LogP contribution in [0.25, 0.3) is 11.1 Å². The summed E-state index contributed by atoms with van der Waals surface area (Å²) in [6, 6.07) is 4.46. The van der Waals surface area contributed by atoms with Gasteiger partial charge >= 0.3 is 11.7 Å². The zero-order valence-electron chi connectivity index (χ0n) is 10.2. The van der Waals surface area contributed by atoms with E-state index in [1.54, 1.807) is 18.2 Å². The molecule has 2 aromatic rings. The SMILES string of the molecule is NC(c1ccc2oc(=O)[nH]c2c1)C1(C(=O)O)CCC1. The van der Waals surface area contributed by atoms with Crippen molar-refractivity contribution in [1.82, 2.24) is 4.98 Å². The molecule has 1 unspecified atom stereocenters. The molecule has 0 spiro atoms. The van der Waals surface area contributed by atoms with E-state index in [9.17, 15) is 14.7 Å². The molecule has 0 bridgehead atoms. The Morgan fingerprint density at radius 2 is 2.21 bits per heavy atom. The quantitative estimate of drug-likeness (QED) is 0.774. The fourth-order valence-electron chi connectivity index (χ4n) is 2.70. The lowest BCUT2D eigenvalue weighted by atomic mass is 9.62. The third-order valence-electron chi connectivity index (χ3n) is 4.07. The average molecular weight is 262 g/mol. The van der Waals surface area contributed by atoms with E-state index < -0.39 is 23.2 Å². The van der Waals surface area contributed by atoms with Gasteiger partial charge in [-0.05, 0) is 30.5 Å². The van der Waals surface area contributed by atoms with Crippen LogP contribution in [-0.4, -0.2) is 16.1 Å². The molecule has 0 amide bonds. The van der Waals surface area contributed by atoms with Crippen LogP contribution in [0.5, 0.6) is 0 Å². The minimum Gasteiger partial charge on any atom is -0.481 e. The highest BCUT2D eigenvalue weighted by Gasteiger charge is 2.49. The minimum absolute atomic E-state index is 0.443. The summed E-state index contributed by atoms with van der Waals surface area (Å²) in [4.78, 5) is 25.1. The summed E-state index contributed by atoms with van der Waals surface area (Å²) in [6.45, 7) is 0. The molecule has 1 aromatic heterocycles. The Balaban J connectivity index is 2.03. The maximum absolute atomic E-state index is 11.4. The molecule has 100 valence electrons. The van der Waals surface area contributed by atoms with Crippen molar-refractivity contribution in [2.24, 2.45) is 11.1 Å². The Kier molecular flexibility index (Phi) is 2.50. The fourth-order valence-corrected chi connectivity index (χ4v) is 2.70. The van der Waals surface area contributed by atoms with Gasteiger partial charge in [0.15, 0.2) is 5.58 Å². The molecule has 19 heavy (non-hydrogen) atoms. The lowest BCUT2D eigenvalue weighted by Crippen LogP contribution is -2.46. The van der Waals surface area contributed by atoms with Gasteiger partial charge in [0.25, 0.3) is 0 Å². The van der Waals surface area contributed by atoms with Crippen molar-refractivity contribution in [3.8, 4) is 0 Å². The van der Waals surface area contributed by atoms with E-state index in [0.717, 1.165) is 6.42 Å². The van der Waals surface area contributed by atoms with Crippen molar-refractivity contribution < 1.29 is 14.3 Å². The van der Waals surface area contributed by atoms with Crippen molar-refractivity contribution in [2.45, 2.75) is 25.3 Å². The van der Waals surface area contributed by atoms with Gasteiger partial charge in [-0.1, -0.05) is 12.5 Å². The van der Waals surface area contributed by atoms with Gasteiger partial charge < -0.3 is 15.3 Å². The monoisotopic (exact) mass is 262 g/mol. The van der Waals surface area contributed by atoms with Gasteiger partial charge in [-0.2, -0.15) is 0 Å². The highest BCUT2D eigenvalue weighted by molar-refractivity contribution is 5.78. The summed E-state index contributed by atoms with van der Waals surface area (Å²) >= 11 is 0. The van der Waals surface area contributed by atoms with Crippen molar-refractivity contribution in [1.29, 1.82) is 0 Å². The number of aromatic nitrogens is 1. The third kappa shape index (κ3) is 1.67. The zero-order valence-corrected chi connectivity index (χ0v) is 10.2. The minimum atomic E-state index is -0.877. The molecule has 6 nitrogen and oxygen atoms in total. The standard InChI is InChI=1S/C13H14N2O4/c14-10(13(11(16)17)4-1-5-13)7-2-3-9-8(6-7)15-12(18)19-9/h2-3,6,10H,1,4-5,14H2,(H,15,18)(H,16,17). The normalized spacial score (nSPS) is 19.0. The first-order valence-electron chi connectivity index (χ1n) is 6.15. The van der Waals surface area contributed by atoms with Crippen LogP contribution in [-0.2, 0) is 4.79 Å². The molecule has 0 aliphatic heterocycles. The first kappa shape index (κ1) is 12.0. The summed E-state index contributed by atoms with van der Waals surface area (Å²) < 4.78 is 4.91. The second kappa shape index (κ2) is 3.96. The van der Waals surface area contributed by atoms with Gasteiger partial charge in [0.1, 0.15) is 0 Å². The Labute approximate surface area is 108 Å². The lowest BCUT2D eigenvalue weighted by Gasteiger charge is -2.42. The van der Waals surface area contributed by atoms with Crippen molar-refractivity contribution in [3.63, 3.8) is 0 Å². The van der Waals surface area contributed by atoms with Gasteiger partial charge in [-0.15, -0.1) is 0 Å². The van der Waals surface area contributed by atoms with Gasteiger partial charge in [-0.25, -0.2) is 4.79 Å². The van der Waals surface area contributed by atoms with Crippen molar-refractivity contribution in [3.05, 3.63) is 34.3 Å². The molecule has 0 radical (unpaired) electrons. The van der Waals surface area contributed by atoms with E-state index in [1.165, 1.54) is 0 Å². The lowest BCUT2D eigenvalue weighted by molar-refractivity contribution is -0.156. The molecule has 1 aromatic carbocycles. The highest BCUT2D eigenvalue weighted by Crippen LogP contribution is 2.49. The zero-order chi connectivity index (χ0) is 13.6. The molecular weight excluding hydrogens is 248 g/mol. The summed E-state index contributed by atoms with van der Waals surface area (Å²) in [5, 5.41) is 9.38. The van der Waals surface area contributed by atoms with E-state index in [-0.39, 0.29) is 0 Å². The number of benzene rings is 1. The van der Waals surface area contributed by atoms with Crippen molar-refractivity contribution >= 4 is 17.1 Å². The molecular formula is C13H14N2O4. The Hall–Kier alpha value is -2.08. The molecule has 1 atom stereocenters. The second-order valence-electron chi connectivity index (χ2n) is 5.06. The number of aromatic amines is 1. The van der Waals surface area contributed by atoms with E-state index in [4.69, 9.17) is 10.2 Å². The van der Waals surface area contributed by atoms with Crippen LogP contribution in [0, 0.1) is 5.41 Å². The number of rotatable bonds is 3. The predicted octanol–water partition coefficient (Wildman–Crippen LogP) is 1.38. The molecule has 6 heteroatoms. The van der Waals surface area contributed by atoms with Crippen LogP contribution in [0.1, 0.15) is 30.9 Å². The number of nitrogens with two attached hydrogens (primary N) is 1. The Morgan fingerprint density at radius 1 is 1.47 bits per heavy atom. The number of hydrogen-bond donors (Lipinski definition) is 3. The Morgan fingerprint density at radius 3 is 2.79 bits per heavy atom. The Bertz CT molecular complexity index is 696. The number of fused-ring (bicyclic) bond motifs is 1. The van der Waals surface area contributed by atoms with Crippen LogP contribution in [0.2, 0.25) is 0 Å². The van der Waals surface area contributed by atoms with Crippen LogP contribution in [0.3, 0.4) is 0 Å². The summed E-state index contributed by atoms with van der Waals surface area (Å²) in [5.74, 6) is -1.38. The summed E-state index contributed by atoms with van der Waals surface area (Å²) in [6.07, 6.45) is 2.05. The third-order valence-corrected chi connectivity index (χ3v) is 4.07. The molecule has 1 aliphatic carbocycles. The smallest absolute Gasteiger partial charge is 0.417 e. The molecule has 1 aliphatic rings. The molecule has 1 fully saturated rings. The average Bonchev–Trinajstić information content (AvgIpc) is 2.65. The number of H-pyrrole nitrogens is 1.